The predicted octanol–water partition coefficient (Wildman–Crippen LogP) is 1.59. The first-order valence-electron chi connectivity index (χ1n) is 6.99. The second-order valence-corrected chi connectivity index (χ2v) is 5.10. The fourth-order valence-electron chi connectivity index (χ4n) is 2.34. The molecule has 1 aromatic heterocycles. The topological polar surface area (TPSA) is 77.7 Å². The van der Waals surface area contributed by atoms with E-state index in [1.54, 1.807) is 12.3 Å². The van der Waals surface area contributed by atoms with Gasteiger partial charge in [-0.15, -0.1) is 0 Å². The molecule has 0 aliphatic carbocycles. The number of nitrogens with zero attached hydrogens (tertiary/aromatic N) is 2. The van der Waals surface area contributed by atoms with Crippen LogP contribution >= 0.6 is 0 Å². The first-order valence-corrected chi connectivity index (χ1v) is 6.99. The van der Waals surface area contributed by atoms with Crippen LogP contribution in [0.15, 0.2) is 36.5 Å². The Balaban J connectivity index is 1.77. The molecule has 0 saturated carbocycles. The van der Waals surface area contributed by atoms with Gasteiger partial charge >= 0.3 is 0 Å². The molecule has 2 aromatic rings. The number of anilines is 1. The van der Waals surface area contributed by atoms with E-state index < -0.39 is 5.91 Å². The molecule has 6 nitrogen and oxygen atoms in total. The third kappa shape index (κ3) is 2.95. The van der Waals surface area contributed by atoms with Gasteiger partial charge in [0.05, 0.1) is 0 Å². The SMILES string of the molecule is CN(Cc1ccc2c(c1)OCCO2)c1ccnc(C(N)=O)c1. The number of aromatic nitrogens is 1. The van der Waals surface area contributed by atoms with E-state index in [9.17, 15) is 4.79 Å². The van der Waals surface area contributed by atoms with Gasteiger partial charge in [-0.1, -0.05) is 6.07 Å². The predicted molar refractivity (Wildman–Crippen MR) is 82.3 cm³/mol. The van der Waals surface area contributed by atoms with Crippen LogP contribution in [0.5, 0.6) is 11.5 Å². The molecule has 1 amide bonds. The molecule has 114 valence electrons. The molecule has 6 heteroatoms. The van der Waals surface area contributed by atoms with Crippen molar-refractivity contribution in [2.45, 2.75) is 6.54 Å². The van der Waals surface area contributed by atoms with Crippen molar-refractivity contribution in [3.63, 3.8) is 0 Å². The average Bonchev–Trinajstić information content (AvgIpc) is 2.55. The van der Waals surface area contributed by atoms with Crippen molar-refractivity contribution in [1.29, 1.82) is 0 Å². The Kier molecular flexibility index (Phi) is 3.82. The summed E-state index contributed by atoms with van der Waals surface area (Å²) in [6, 6.07) is 9.41. The molecule has 0 radical (unpaired) electrons. The summed E-state index contributed by atoms with van der Waals surface area (Å²) in [5.41, 5.74) is 7.48. The number of nitrogens with two attached hydrogens (primary N) is 1. The van der Waals surface area contributed by atoms with Crippen LogP contribution in [0, 0.1) is 0 Å². The molecule has 1 aromatic carbocycles. The molecule has 2 N–H and O–H groups in total. The molecule has 2 heterocycles. The summed E-state index contributed by atoms with van der Waals surface area (Å²) in [6.45, 7) is 1.82. The Labute approximate surface area is 128 Å². The number of primary amides is 1. The van der Waals surface area contributed by atoms with E-state index in [0.29, 0.717) is 19.8 Å². The van der Waals surface area contributed by atoms with Gasteiger partial charge in [0.25, 0.3) is 5.91 Å². The van der Waals surface area contributed by atoms with Crippen molar-refractivity contribution in [2.75, 3.05) is 25.2 Å². The third-order valence-electron chi connectivity index (χ3n) is 3.46. The summed E-state index contributed by atoms with van der Waals surface area (Å²) in [5, 5.41) is 0. The fraction of sp³-hybridized carbons (Fsp3) is 0.250. The largest absolute Gasteiger partial charge is 0.486 e. The first-order chi connectivity index (χ1) is 10.6. The van der Waals surface area contributed by atoms with Gasteiger partial charge in [0.1, 0.15) is 18.9 Å². The van der Waals surface area contributed by atoms with E-state index in [0.717, 1.165) is 22.7 Å². The summed E-state index contributed by atoms with van der Waals surface area (Å²) < 4.78 is 11.1. The summed E-state index contributed by atoms with van der Waals surface area (Å²) >= 11 is 0. The molecular formula is C16H17N3O3. The Morgan fingerprint density at radius 3 is 2.77 bits per heavy atom. The molecule has 1 aliphatic heterocycles. The van der Waals surface area contributed by atoms with Gasteiger partial charge in [-0.05, 0) is 29.8 Å². The molecule has 1 aliphatic rings. The maximum Gasteiger partial charge on any atom is 0.267 e. The van der Waals surface area contributed by atoms with Gasteiger partial charge < -0.3 is 20.1 Å². The second-order valence-electron chi connectivity index (χ2n) is 5.10. The number of amides is 1. The van der Waals surface area contributed by atoms with Crippen LogP contribution in [0.3, 0.4) is 0 Å². The number of rotatable bonds is 4. The van der Waals surface area contributed by atoms with Gasteiger partial charge in [-0.3, -0.25) is 9.78 Å². The highest BCUT2D eigenvalue weighted by molar-refractivity contribution is 5.91. The standard InChI is InChI=1S/C16H17N3O3/c1-19(12-4-5-18-13(9-12)16(17)20)10-11-2-3-14-15(8-11)22-7-6-21-14/h2-5,8-9H,6-7,10H2,1H3,(H2,17,20). The van der Waals surface area contributed by atoms with Gasteiger partial charge in [-0.25, -0.2) is 0 Å². The Morgan fingerprint density at radius 2 is 2.00 bits per heavy atom. The highest BCUT2D eigenvalue weighted by Gasteiger charge is 2.13. The van der Waals surface area contributed by atoms with E-state index in [1.165, 1.54) is 0 Å². The van der Waals surface area contributed by atoms with Gasteiger partial charge in [0.2, 0.25) is 0 Å². The molecule has 0 fully saturated rings. The summed E-state index contributed by atoms with van der Waals surface area (Å²) in [5.74, 6) is 1.01. The molecule has 0 atom stereocenters. The zero-order valence-corrected chi connectivity index (χ0v) is 12.3. The monoisotopic (exact) mass is 299 g/mol. The zero-order chi connectivity index (χ0) is 15.5. The number of benzene rings is 1. The van der Waals surface area contributed by atoms with Crippen LogP contribution in [-0.4, -0.2) is 31.2 Å². The fourth-order valence-corrected chi connectivity index (χ4v) is 2.34. The van der Waals surface area contributed by atoms with E-state index in [-0.39, 0.29) is 5.69 Å². The Morgan fingerprint density at radius 1 is 1.23 bits per heavy atom. The lowest BCUT2D eigenvalue weighted by molar-refractivity contribution is 0.0995. The van der Waals surface area contributed by atoms with Crippen molar-refractivity contribution in [2.24, 2.45) is 5.73 Å². The Bertz CT molecular complexity index is 703. The van der Waals surface area contributed by atoms with Crippen molar-refractivity contribution >= 4 is 11.6 Å². The van der Waals surface area contributed by atoms with Gasteiger partial charge in [0, 0.05) is 25.5 Å². The number of pyridine rings is 1. The molecular weight excluding hydrogens is 282 g/mol. The molecule has 22 heavy (non-hydrogen) atoms. The maximum absolute atomic E-state index is 11.2. The quantitative estimate of drug-likeness (QED) is 0.927. The van der Waals surface area contributed by atoms with Crippen LogP contribution in [0.4, 0.5) is 5.69 Å². The normalized spacial score (nSPS) is 12.8. The summed E-state index contributed by atoms with van der Waals surface area (Å²) in [7, 11) is 1.94. The summed E-state index contributed by atoms with van der Waals surface area (Å²) in [4.78, 5) is 17.2. The lowest BCUT2D eigenvalue weighted by atomic mass is 10.1. The van der Waals surface area contributed by atoms with Crippen LogP contribution in [-0.2, 0) is 6.54 Å². The lowest BCUT2D eigenvalue weighted by Gasteiger charge is -2.22. The second kappa shape index (κ2) is 5.93. The number of ether oxygens (including phenoxy) is 2. The smallest absolute Gasteiger partial charge is 0.267 e. The Hall–Kier alpha value is -2.76. The number of hydrogen-bond acceptors (Lipinski definition) is 5. The highest BCUT2D eigenvalue weighted by Crippen LogP contribution is 2.31. The summed E-state index contributed by atoms with van der Waals surface area (Å²) in [6.07, 6.45) is 1.58. The third-order valence-corrected chi connectivity index (χ3v) is 3.46. The van der Waals surface area contributed by atoms with E-state index in [2.05, 4.69) is 4.98 Å². The average molecular weight is 299 g/mol. The lowest BCUT2D eigenvalue weighted by Crippen LogP contribution is -2.19. The van der Waals surface area contributed by atoms with Crippen LogP contribution < -0.4 is 20.1 Å². The van der Waals surface area contributed by atoms with Crippen LogP contribution in [0.25, 0.3) is 0 Å². The van der Waals surface area contributed by atoms with E-state index in [1.807, 2.05) is 36.2 Å². The van der Waals surface area contributed by atoms with Crippen LogP contribution in [0.1, 0.15) is 16.1 Å². The minimum absolute atomic E-state index is 0.256. The van der Waals surface area contributed by atoms with Crippen molar-refractivity contribution in [1.82, 2.24) is 4.98 Å². The molecule has 0 saturated heterocycles. The van der Waals surface area contributed by atoms with Crippen molar-refractivity contribution in [3.8, 4) is 11.5 Å². The van der Waals surface area contributed by atoms with Crippen molar-refractivity contribution in [3.05, 3.63) is 47.8 Å². The number of carbonyl (C=O) groups excluding carboxylic acids is 1. The number of carbonyl (C=O) groups is 1. The maximum atomic E-state index is 11.2. The molecule has 0 bridgehead atoms. The molecule has 3 rings (SSSR count). The minimum Gasteiger partial charge on any atom is -0.486 e. The molecule has 0 spiro atoms. The van der Waals surface area contributed by atoms with E-state index >= 15 is 0 Å². The first kappa shape index (κ1) is 14.2. The molecule has 0 unspecified atom stereocenters. The van der Waals surface area contributed by atoms with Gasteiger partial charge in [0.15, 0.2) is 11.5 Å². The van der Waals surface area contributed by atoms with Crippen LogP contribution in [0.2, 0.25) is 0 Å². The van der Waals surface area contributed by atoms with Gasteiger partial charge in [-0.2, -0.15) is 0 Å². The number of hydrogen-bond donors (Lipinski definition) is 1. The minimum atomic E-state index is -0.533. The highest BCUT2D eigenvalue weighted by atomic mass is 16.6. The zero-order valence-electron chi connectivity index (χ0n) is 12.3. The number of fused-ring (bicyclic) bond motifs is 1. The van der Waals surface area contributed by atoms with E-state index in [4.69, 9.17) is 15.2 Å². The van der Waals surface area contributed by atoms with Crippen molar-refractivity contribution < 1.29 is 14.3 Å².